The molecule has 0 bridgehead atoms. The number of nitrogens with two attached hydrogens (primary N) is 1. The van der Waals surface area contributed by atoms with Crippen molar-refractivity contribution in [2.75, 3.05) is 6.54 Å². The zero-order valence-electron chi connectivity index (χ0n) is 7.12. The van der Waals surface area contributed by atoms with Crippen molar-refractivity contribution in [2.24, 2.45) is 5.73 Å². The van der Waals surface area contributed by atoms with Crippen LogP contribution in [-0.2, 0) is 0 Å². The topological polar surface area (TPSA) is 66.5 Å². The van der Waals surface area contributed by atoms with Crippen LogP contribution in [-0.4, -0.2) is 16.8 Å². The summed E-state index contributed by atoms with van der Waals surface area (Å²) in [6.07, 6.45) is 0. The molecule has 0 unspecified atom stereocenters. The lowest BCUT2D eigenvalue weighted by Gasteiger charge is -2.06. The summed E-state index contributed by atoms with van der Waals surface area (Å²) in [4.78, 5) is 0. The molecule has 13 heavy (non-hydrogen) atoms. The Morgan fingerprint density at radius 2 is 1.92 bits per heavy atom. The molecule has 3 nitrogen and oxygen atoms in total. The van der Waals surface area contributed by atoms with E-state index >= 15 is 0 Å². The van der Waals surface area contributed by atoms with Gasteiger partial charge in [0.1, 0.15) is 11.5 Å². The second kappa shape index (κ2) is 3.81. The van der Waals surface area contributed by atoms with Gasteiger partial charge in [0.25, 0.3) is 0 Å². The van der Waals surface area contributed by atoms with E-state index in [9.17, 15) is 10.2 Å². The summed E-state index contributed by atoms with van der Waals surface area (Å²) in [5, 5.41) is 18.8. The van der Waals surface area contributed by atoms with Crippen molar-refractivity contribution in [3.8, 4) is 11.5 Å². The summed E-state index contributed by atoms with van der Waals surface area (Å²) >= 11 is 0. The van der Waals surface area contributed by atoms with Crippen molar-refractivity contribution >= 4 is 5.57 Å². The molecule has 0 saturated heterocycles. The monoisotopic (exact) mass is 177 g/mol. The lowest BCUT2D eigenvalue weighted by molar-refractivity contribution is 0.447. The Hall–Kier alpha value is -1.70. The Morgan fingerprint density at radius 1 is 1.38 bits per heavy atom. The van der Waals surface area contributed by atoms with E-state index in [0.717, 1.165) is 0 Å². The molecule has 0 aliphatic heterocycles. The number of hydrogen-bond acceptors (Lipinski definition) is 3. The molecule has 0 fully saturated rings. The molecule has 1 rings (SSSR count). The largest absolute Gasteiger partial charge is 0.507 e. The molecular weight excluding hydrogens is 166 g/mol. The Balaban J connectivity index is 3.35. The molecule has 3 heteroatoms. The fourth-order valence-corrected chi connectivity index (χ4v) is 1.10. The van der Waals surface area contributed by atoms with Gasteiger partial charge in [0.15, 0.2) is 0 Å². The molecule has 1 aromatic rings. The van der Waals surface area contributed by atoms with Crippen molar-refractivity contribution < 1.29 is 10.2 Å². The molecule has 0 saturated carbocycles. The second-order valence-corrected chi connectivity index (χ2v) is 2.53. The fourth-order valence-electron chi connectivity index (χ4n) is 1.10. The van der Waals surface area contributed by atoms with E-state index in [1.54, 1.807) is 6.07 Å². The number of benzene rings is 1. The van der Waals surface area contributed by atoms with Gasteiger partial charge in [-0.25, -0.2) is 0 Å². The van der Waals surface area contributed by atoms with Crippen LogP contribution in [0.5, 0.6) is 11.5 Å². The summed E-state index contributed by atoms with van der Waals surface area (Å²) in [5.41, 5.74) is 8.76. The molecule has 0 atom stereocenters. The standard InChI is InChI=1S/C10H11NO2/c1-2-7(6-11)10-8(12)4-3-5-9(10)13/h3-5,12-13H,1,6,11H2. The first kappa shape index (κ1) is 9.39. The summed E-state index contributed by atoms with van der Waals surface area (Å²) in [5.74, 6) is -0.0341. The fraction of sp³-hybridized carbons (Fsp3) is 0.100. The maximum absolute atomic E-state index is 9.42. The van der Waals surface area contributed by atoms with Gasteiger partial charge in [-0.05, 0) is 12.1 Å². The Morgan fingerprint density at radius 3 is 2.31 bits per heavy atom. The van der Waals surface area contributed by atoms with E-state index < -0.39 is 0 Å². The maximum atomic E-state index is 9.42. The van der Waals surface area contributed by atoms with Crippen molar-refractivity contribution in [3.63, 3.8) is 0 Å². The zero-order chi connectivity index (χ0) is 9.84. The van der Waals surface area contributed by atoms with Crippen LogP contribution in [0, 0.1) is 0 Å². The first-order valence-electron chi connectivity index (χ1n) is 3.81. The van der Waals surface area contributed by atoms with Gasteiger partial charge < -0.3 is 15.9 Å². The average Bonchev–Trinajstić information content (AvgIpc) is 2.11. The van der Waals surface area contributed by atoms with E-state index in [1.165, 1.54) is 12.1 Å². The molecule has 0 radical (unpaired) electrons. The van der Waals surface area contributed by atoms with Crippen LogP contribution in [0.3, 0.4) is 0 Å². The van der Waals surface area contributed by atoms with Gasteiger partial charge in [-0.15, -0.1) is 5.73 Å². The lowest BCUT2D eigenvalue weighted by Crippen LogP contribution is -2.01. The number of hydrogen-bond donors (Lipinski definition) is 3. The molecule has 0 aromatic heterocycles. The SMILES string of the molecule is C=C=C(CN)c1c(O)cccc1O. The van der Waals surface area contributed by atoms with Gasteiger partial charge in [-0.1, -0.05) is 12.6 Å². The highest BCUT2D eigenvalue weighted by Crippen LogP contribution is 2.31. The van der Waals surface area contributed by atoms with Crippen LogP contribution in [0.4, 0.5) is 0 Å². The number of rotatable bonds is 2. The molecule has 0 amide bonds. The molecular formula is C10H11NO2. The maximum Gasteiger partial charge on any atom is 0.127 e. The van der Waals surface area contributed by atoms with Crippen molar-refractivity contribution in [2.45, 2.75) is 0 Å². The first-order chi connectivity index (χ1) is 6.20. The minimum atomic E-state index is -0.0170. The summed E-state index contributed by atoms with van der Waals surface area (Å²) < 4.78 is 0. The van der Waals surface area contributed by atoms with Gasteiger partial charge in [0.2, 0.25) is 0 Å². The predicted molar refractivity (Wildman–Crippen MR) is 51.4 cm³/mol. The van der Waals surface area contributed by atoms with Crippen LogP contribution in [0.1, 0.15) is 5.56 Å². The third kappa shape index (κ3) is 1.72. The number of aromatic hydroxyl groups is 2. The van der Waals surface area contributed by atoms with Gasteiger partial charge in [-0.2, -0.15) is 0 Å². The van der Waals surface area contributed by atoms with Crippen molar-refractivity contribution in [3.05, 3.63) is 36.1 Å². The number of phenolic OH excluding ortho intramolecular Hbond substituents is 2. The highest BCUT2D eigenvalue weighted by Gasteiger charge is 2.09. The van der Waals surface area contributed by atoms with E-state index in [1.807, 2.05) is 0 Å². The molecule has 0 aliphatic carbocycles. The minimum absolute atomic E-state index is 0.0170. The van der Waals surface area contributed by atoms with Gasteiger partial charge in [0.05, 0.1) is 5.56 Å². The predicted octanol–water partition coefficient (Wildman–Crippen LogP) is 1.22. The lowest BCUT2D eigenvalue weighted by atomic mass is 10.0. The zero-order valence-corrected chi connectivity index (χ0v) is 7.12. The van der Waals surface area contributed by atoms with Crippen LogP contribution < -0.4 is 5.73 Å². The van der Waals surface area contributed by atoms with Gasteiger partial charge >= 0.3 is 0 Å². The van der Waals surface area contributed by atoms with E-state index in [4.69, 9.17) is 5.73 Å². The first-order valence-corrected chi connectivity index (χ1v) is 3.81. The van der Waals surface area contributed by atoms with E-state index in [0.29, 0.717) is 11.1 Å². The quantitative estimate of drug-likeness (QED) is 0.595. The molecule has 0 heterocycles. The summed E-state index contributed by atoms with van der Waals surface area (Å²) in [6, 6.07) is 4.50. The Bertz CT molecular complexity index is 345. The normalized spacial score (nSPS) is 9.31. The Kier molecular flexibility index (Phi) is 2.75. The summed E-state index contributed by atoms with van der Waals surface area (Å²) in [6.45, 7) is 3.60. The van der Waals surface area contributed by atoms with Crippen molar-refractivity contribution in [1.82, 2.24) is 0 Å². The highest BCUT2D eigenvalue weighted by atomic mass is 16.3. The van der Waals surface area contributed by atoms with E-state index in [2.05, 4.69) is 12.3 Å². The molecule has 1 aromatic carbocycles. The summed E-state index contributed by atoms with van der Waals surface area (Å²) in [7, 11) is 0. The van der Waals surface area contributed by atoms with Crippen LogP contribution >= 0.6 is 0 Å². The third-order valence-corrected chi connectivity index (χ3v) is 1.74. The average molecular weight is 177 g/mol. The smallest absolute Gasteiger partial charge is 0.127 e. The van der Waals surface area contributed by atoms with Crippen molar-refractivity contribution in [1.29, 1.82) is 0 Å². The molecule has 0 spiro atoms. The van der Waals surface area contributed by atoms with E-state index in [-0.39, 0.29) is 18.0 Å². The van der Waals surface area contributed by atoms with Gasteiger partial charge in [-0.3, -0.25) is 0 Å². The third-order valence-electron chi connectivity index (χ3n) is 1.74. The Labute approximate surface area is 76.4 Å². The van der Waals surface area contributed by atoms with Crippen LogP contribution in [0.2, 0.25) is 0 Å². The van der Waals surface area contributed by atoms with Crippen LogP contribution in [0.15, 0.2) is 30.5 Å². The molecule has 4 N–H and O–H groups in total. The molecule has 0 aliphatic rings. The second-order valence-electron chi connectivity index (χ2n) is 2.53. The minimum Gasteiger partial charge on any atom is -0.507 e. The highest BCUT2D eigenvalue weighted by molar-refractivity contribution is 5.75. The van der Waals surface area contributed by atoms with Gasteiger partial charge in [0, 0.05) is 12.1 Å². The van der Waals surface area contributed by atoms with Crippen LogP contribution in [0.25, 0.3) is 5.57 Å². The molecule has 68 valence electrons. The number of phenols is 2.